The van der Waals surface area contributed by atoms with Gasteiger partial charge in [-0.1, -0.05) is 17.7 Å². The summed E-state index contributed by atoms with van der Waals surface area (Å²) in [4.78, 5) is 38.2. The predicted molar refractivity (Wildman–Crippen MR) is 120 cm³/mol. The summed E-state index contributed by atoms with van der Waals surface area (Å²) in [7, 11) is 0. The molecule has 0 bridgehead atoms. The molecule has 156 valence electrons. The second kappa shape index (κ2) is 9.55. The number of imide groups is 1. The van der Waals surface area contributed by atoms with Crippen molar-refractivity contribution in [1.29, 1.82) is 0 Å². The maximum atomic E-state index is 12.6. The first-order valence-corrected chi connectivity index (χ1v) is 10.7. The van der Waals surface area contributed by atoms with Crippen molar-refractivity contribution >= 4 is 68.1 Å². The van der Waals surface area contributed by atoms with E-state index in [1.165, 1.54) is 6.08 Å². The third-order valence-corrected chi connectivity index (χ3v) is 5.68. The highest BCUT2D eigenvalue weighted by molar-refractivity contribution is 9.10. The largest absolute Gasteiger partial charge is 0.503 e. The number of amides is 3. The monoisotopic (exact) mass is 510 g/mol. The van der Waals surface area contributed by atoms with Gasteiger partial charge < -0.3 is 15.2 Å². The molecule has 0 radical (unpaired) electrons. The molecule has 7 nitrogen and oxygen atoms in total. The summed E-state index contributed by atoms with van der Waals surface area (Å²) in [6, 6.07) is 9.70. The van der Waals surface area contributed by atoms with E-state index in [4.69, 9.17) is 16.3 Å². The van der Waals surface area contributed by atoms with Gasteiger partial charge in [0.25, 0.3) is 11.1 Å². The molecule has 1 aliphatic heterocycles. The van der Waals surface area contributed by atoms with Gasteiger partial charge >= 0.3 is 0 Å². The highest BCUT2D eigenvalue weighted by atomic mass is 79.9. The molecule has 0 atom stereocenters. The molecule has 0 spiro atoms. The molecule has 0 aromatic heterocycles. The standard InChI is InChI=1S/C20H16BrClN2O5S/c1-2-29-15-7-11(6-14(21)18(15)26)8-16-19(27)24(20(28)30-16)10-17(25)23-13-5-3-4-12(22)9-13/h3-9,26H,2,10H2,1H3,(H,23,25)/b16-8+. The number of carbonyl (C=O) groups is 3. The Morgan fingerprint density at radius 1 is 1.33 bits per heavy atom. The third kappa shape index (κ3) is 5.16. The van der Waals surface area contributed by atoms with Crippen LogP contribution in [0.25, 0.3) is 6.08 Å². The molecule has 0 saturated carbocycles. The van der Waals surface area contributed by atoms with E-state index < -0.39 is 23.6 Å². The van der Waals surface area contributed by atoms with Crippen molar-refractivity contribution in [2.24, 2.45) is 0 Å². The molecule has 10 heteroatoms. The van der Waals surface area contributed by atoms with Crippen molar-refractivity contribution in [1.82, 2.24) is 4.90 Å². The molecule has 30 heavy (non-hydrogen) atoms. The number of carbonyl (C=O) groups excluding carboxylic acids is 3. The summed E-state index contributed by atoms with van der Waals surface area (Å²) in [6.45, 7) is 1.71. The lowest BCUT2D eigenvalue weighted by molar-refractivity contribution is -0.127. The highest BCUT2D eigenvalue weighted by Gasteiger charge is 2.36. The fourth-order valence-electron chi connectivity index (χ4n) is 2.64. The molecule has 0 aliphatic carbocycles. The van der Waals surface area contributed by atoms with Crippen LogP contribution in [0.4, 0.5) is 10.5 Å². The number of thioether (sulfide) groups is 1. The number of nitrogens with zero attached hydrogens (tertiary/aromatic N) is 1. The van der Waals surface area contributed by atoms with Crippen LogP contribution in [-0.2, 0) is 9.59 Å². The van der Waals surface area contributed by atoms with Crippen molar-refractivity contribution in [2.45, 2.75) is 6.92 Å². The lowest BCUT2D eigenvalue weighted by Gasteiger charge is -2.12. The Morgan fingerprint density at radius 3 is 2.80 bits per heavy atom. The van der Waals surface area contributed by atoms with Gasteiger partial charge in [0.2, 0.25) is 5.91 Å². The minimum atomic E-state index is -0.576. The number of phenolic OH excluding ortho intramolecular Hbond substituents is 1. The van der Waals surface area contributed by atoms with Crippen LogP contribution in [0.2, 0.25) is 5.02 Å². The Kier molecular flexibility index (Phi) is 7.06. The van der Waals surface area contributed by atoms with Crippen LogP contribution in [0, 0.1) is 0 Å². The molecular weight excluding hydrogens is 496 g/mol. The number of halogens is 2. The van der Waals surface area contributed by atoms with Gasteiger partial charge in [-0.2, -0.15) is 0 Å². The zero-order chi connectivity index (χ0) is 21.8. The van der Waals surface area contributed by atoms with Crippen LogP contribution in [0.3, 0.4) is 0 Å². The van der Waals surface area contributed by atoms with E-state index in [0.717, 1.165) is 16.7 Å². The second-order valence-corrected chi connectivity index (χ2v) is 8.39. The Balaban J connectivity index is 1.75. The van der Waals surface area contributed by atoms with Gasteiger partial charge in [0.15, 0.2) is 11.5 Å². The normalized spacial score (nSPS) is 15.0. The molecule has 2 aromatic carbocycles. The lowest BCUT2D eigenvalue weighted by Crippen LogP contribution is -2.36. The molecule has 1 heterocycles. The molecule has 3 rings (SSSR count). The number of benzene rings is 2. The van der Waals surface area contributed by atoms with E-state index in [9.17, 15) is 19.5 Å². The third-order valence-electron chi connectivity index (χ3n) is 3.93. The van der Waals surface area contributed by atoms with E-state index in [0.29, 0.717) is 27.4 Å². The topological polar surface area (TPSA) is 95.9 Å². The number of anilines is 1. The van der Waals surface area contributed by atoms with Crippen LogP contribution in [-0.4, -0.2) is 40.2 Å². The number of phenols is 1. The van der Waals surface area contributed by atoms with Crippen LogP contribution >= 0.6 is 39.3 Å². The average Bonchev–Trinajstić information content (AvgIpc) is 2.93. The van der Waals surface area contributed by atoms with E-state index >= 15 is 0 Å². The number of hydrogen-bond acceptors (Lipinski definition) is 6. The van der Waals surface area contributed by atoms with E-state index in [-0.39, 0.29) is 16.4 Å². The summed E-state index contributed by atoms with van der Waals surface area (Å²) in [5.74, 6) is -0.904. The van der Waals surface area contributed by atoms with Crippen molar-refractivity contribution in [3.63, 3.8) is 0 Å². The summed E-state index contributed by atoms with van der Waals surface area (Å²) in [6.07, 6.45) is 1.51. The van der Waals surface area contributed by atoms with Gasteiger partial charge in [0, 0.05) is 10.7 Å². The van der Waals surface area contributed by atoms with Crippen molar-refractivity contribution < 1.29 is 24.2 Å². The van der Waals surface area contributed by atoms with E-state index in [1.807, 2.05) is 0 Å². The van der Waals surface area contributed by atoms with Gasteiger partial charge in [-0.05, 0) is 76.6 Å². The minimum absolute atomic E-state index is 0.0557. The smallest absolute Gasteiger partial charge is 0.294 e. The number of aromatic hydroxyl groups is 1. The molecule has 2 aromatic rings. The van der Waals surface area contributed by atoms with E-state index in [2.05, 4.69) is 21.2 Å². The lowest BCUT2D eigenvalue weighted by atomic mass is 10.2. The van der Waals surface area contributed by atoms with Crippen LogP contribution in [0.1, 0.15) is 12.5 Å². The quantitative estimate of drug-likeness (QED) is 0.537. The van der Waals surface area contributed by atoms with Crippen LogP contribution in [0.5, 0.6) is 11.5 Å². The number of hydrogen-bond donors (Lipinski definition) is 2. The first-order chi connectivity index (χ1) is 14.3. The second-order valence-electron chi connectivity index (χ2n) is 6.11. The van der Waals surface area contributed by atoms with Gasteiger partial charge in [-0.3, -0.25) is 19.3 Å². The molecule has 3 amide bonds. The number of ether oxygens (including phenoxy) is 1. The maximum Gasteiger partial charge on any atom is 0.294 e. The number of rotatable bonds is 6. The summed E-state index contributed by atoms with van der Waals surface area (Å²) >= 11 is 9.85. The number of nitrogens with one attached hydrogen (secondary N) is 1. The summed E-state index contributed by atoms with van der Waals surface area (Å²) in [5.41, 5.74) is 1.02. The summed E-state index contributed by atoms with van der Waals surface area (Å²) in [5, 5.41) is 12.5. The van der Waals surface area contributed by atoms with Gasteiger partial charge in [-0.25, -0.2) is 0 Å². The maximum absolute atomic E-state index is 12.6. The van der Waals surface area contributed by atoms with Gasteiger partial charge in [0.1, 0.15) is 6.54 Å². The van der Waals surface area contributed by atoms with Crippen LogP contribution < -0.4 is 10.1 Å². The summed E-state index contributed by atoms with van der Waals surface area (Å²) < 4.78 is 5.76. The van der Waals surface area contributed by atoms with Crippen LogP contribution in [0.15, 0.2) is 45.8 Å². The molecular formula is C20H16BrClN2O5S. The first kappa shape index (κ1) is 22.2. The first-order valence-electron chi connectivity index (χ1n) is 8.74. The van der Waals surface area contributed by atoms with E-state index in [1.54, 1.807) is 43.3 Å². The Morgan fingerprint density at radius 2 is 2.10 bits per heavy atom. The molecule has 0 unspecified atom stereocenters. The molecule has 2 N–H and O–H groups in total. The van der Waals surface area contributed by atoms with Crippen molar-refractivity contribution in [2.75, 3.05) is 18.5 Å². The zero-order valence-corrected chi connectivity index (χ0v) is 18.8. The van der Waals surface area contributed by atoms with Gasteiger partial charge in [-0.15, -0.1) is 0 Å². The Hall–Kier alpha value is -2.49. The minimum Gasteiger partial charge on any atom is -0.503 e. The highest BCUT2D eigenvalue weighted by Crippen LogP contribution is 2.38. The van der Waals surface area contributed by atoms with Crippen molar-refractivity contribution in [3.05, 3.63) is 56.4 Å². The average molecular weight is 512 g/mol. The Labute approximate surface area is 190 Å². The van der Waals surface area contributed by atoms with Crippen molar-refractivity contribution in [3.8, 4) is 11.5 Å². The molecule has 1 fully saturated rings. The predicted octanol–water partition coefficient (Wildman–Crippen LogP) is 4.88. The van der Waals surface area contributed by atoms with Gasteiger partial charge in [0.05, 0.1) is 16.0 Å². The SMILES string of the molecule is CCOc1cc(/C=C2/SC(=O)N(CC(=O)Nc3cccc(Cl)c3)C2=O)cc(Br)c1O. The fourth-order valence-corrected chi connectivity index (χ4v) is 4.13. The molecule has 1 saturated heterocycles. The molecule has 1 aliphatic rings. The Bertz CT molecular complexity index is 1060. The fraction of sp³-hybridized carbons (Fsp3) is 0.150. The zero-order valence-electron chi connectivity index (χ0n) is 15.6.